The van der Waals surface area contributed by atoms with Gasteiger partial charge in [0.25, 0.3) is 5.91 Å². The molecule has 1 N–H and O–H groups in total. The normalized spacial score (nSPS) is 10.5. The van der Waals surface area contributed by atoms with Gasteiger partial charge in [0.05, 0.1) is 16.8 Å². The van der Waals surface area contributed by atoms with Crippen LogP contribution in [0.25, 0.3) is 10.9 Å². The molecule has 0 radical (unpaired) electrons. The molecule has 22 heavy (non-hydrogen) atoms. The van der Waals surface area contributed by atoms with Gasteiger partial charge in [-0.25, -0.2) is 4.98 Å². The molecule has 0 aliphatic carbocycles. The third kappa shape index (κ3) is 2.74. The molecule has 0 unspecified atom stereocenters. The van der Waals surface area contributed by atoms with Crippen molar-refractivity contribution in [1.29, 1.82) is 0 Å². The number of hydrogen-bond acceptors (Lipinski definition) is 4. The largest absolute Gasteiger partial charge is 0.363 e. The first kappa shape index (κ1) is 14.0. The number of para-hydroxylation sites is 1. The molecule has 0 aliphatic heterocycles. The Kier molecular flexibility index (Phi) is 3.70. The molecule has 0 spiro atoms. The summed E-state index contributed by atoms with van der Waals surface area (Å²) in [5.74, 6) is 0.610. The summed E-state index contributed by atoms with van der Waals surface area (Å²) in [4.78, 5) is 22.8. The van der Waals surface area contributed by atoms with Crippen molar-refractivity contribution in [1.82, 2.24) is 9.97 Å². The third-order valence-corrected chi connectivity index (χ3v) is 3.35. The van der Waals surface area contributed by atoms with Crippen molar-refractivity contribution in [2.24, 2.45) is 0 Å². The molecule has 5 heteroatoms. The van der Waals surface area contributed by atoms with Gasteiger partial charge in [0, 0.05) is 31.9 Å². The molecule has 1 aromatic carbocycles. The molecular formula is C17H16N4O. The molecule has 2 aromatic heterocycles. The number of aromatic nitrogens is 2. The Balaban J connectivity index is 1.87. The molecule has 2 heterocycles. The highest BCUT2D eigenvalue weighted by atomic mass is 16.1. The van der Waals surface area contributed by atoms with Crippen molar-refractivity contribution in [2.75, 3.05) is 24.3 Å². The lowest BCUT2D eigenvalue weighted by Crippen LogP contribution is -2.14. The molecule has 0 saturated heterocycles. The first-order valence-corrected chi connectivity index (χ1v) is 6.93. The summed E-state index contributed by atoms with van der Waals surface area (Å²) in [6.07, 6.45) is 3.29. The Morgan fingerprint density at radius 2 is 1.86 bits per heavy atom. The van der Waals surface area contributed by atoms with Crippen molar-refractivity contribution in [3.63, 3.8) is 0 Å². The fraction of sp³-hybridized carbons (Fsp3) is 0.118. The predicted molar refractivity (Wildman–Crippen MR) is 88.3 cm³/mol. The number of amides is 1. The molecule has 0 atom stereocenters. The van der Waals surface area contributed by atoms with E-state index in [1.165, 1.54) is 0 Å². The number of hydrogen-bond donors (Lipinski definition) is 1. The van der Waals surface area contributed by atoms with Gasteiger partial charge in [0.1, 0.15) is 5.82 Å². The van der Waals surface area contributed by atoms with Crippen molar-refractivity contribution in [3.8, 4) is 0 Å². The molecule has 3 rings (SSSR count). The Hall–Kier alpha value is -2.95. The molecule has 0 bridgehead atoms. The number of pyridine rings is 2. The number of carbonyl (C=O) groups is 1. The topological polar surface area (TPSA) is 58.1 Å². The minimum Gasteiger partial charge on any atom is -0.363 e. The summed E-state index contributed by atoms with van der Waals surface area (Å²) in [5.41, 5.74) is 1.98. The highest BCUT2D eigenvalue weighted by Crippen LogP contribution is 2.21. The number of nitrogens with one attached hydrogen (secondary N) is 1. The Morgan fingerprint density at radius 1 is 1.05 bits per heavy atom. The Bertz CT molecular complexity index is 807. The summed E-state index contributed by atoms with van der Waals surface area (Å²) in [7, 11) is 3.81. The summed E-state index contributed by atoms with van der Waals surface area (Å²) in [6, 6.07) is 13.1. The predicted octanol–water partition coefficient (Wildman–Crippen LogP) is 2.95. The molecule has 0 fully saturated rings. The van der Waals surface area contributed by atoms with Crippen molar-refractivity contribution in [3.05, 3.63) is 60.4 Å². The monoisotopic (exact) mass is 292 g/mol. The van der Waals surface area contributed by atoms with Crippen molar-refractivity contribution < 1.29 is 4.79 Å². The van der Waals surface area contributed by atoms with E-state index in [0.29, 0.717) is 11.3 Å². The third-order valence-electron chi connectivity index (χ3n) is 3.35. The Labute approximate surface area is 128 Å². The number of anilines is 2. The van der Waals surface area contributed by atoms with E-state index in [-0.39, 0.29) is 5.91 Å². The van der Waals surface area contributed by atoms with Crippen molar-refractivity contribution in [2.45, 2.75) is 0 Å². The SMILES string of the molecule is CN(C)c1ccc(C(=O)Nc2cccc3cccnc23)cn1. The second kappa shape index (κ2) is 5.81. The van der Waals surface area contributed by atoms with Gasteiger partial charge in [-0.05, 0) is 24.3 Å². The average molecular weight is 292 g/mol. The van der Waals surface area contributed by atoms with E-state index in [9.17, 15) is 4.79 Å². The number of carbonyl (C=O) groups excluding carboxylic acids is 1. The first-order valence-electron chi connectivity index (χ1n) is 6.93. The van der Waals surface area contributed by atoms with Crippen LogP contribution in [0.3, 0.4) is 0 Å². The number of nitrogens with zero attached hydrogens (tertiary/aromatic N) is 3. The van der Waals surface area contributed by atoms with Crippen LogP contribution in [-0.4, -0.2) is 30.0 Å². The van der Waals surface area contributed by atoms with Crippen LogP contribution in [0, 0.1) is 0 Å². The van der Waals surface area contributed by atoms with E-state index in [0.717, 1.165) is 16.7 Å². The minimum atomic E-state index is -0.198. The zero-order valence-corrected chi connectivity index (χ0v) is 12.4. The number of benzene rings is 1. The molecule has 0 aliphatic rings. The summed E-state index contributed by atoms with van der Waals surface area (Å²) < 4.78 is 0. The standard InChI is InChI=1S/C17H16N4O/c1-21(2)15-9-8-13(11-19-15)17(22)20-14-7-3-5-12-6-4-10-18-16(12)14/h3-11H,1-2H3,(H,20,22). The number of fused-ring (bicyclic) bond motifs is 1. The van der Waals surface area contributed by atoms with E-state index in [1.807, 2.05) is 55.4 Å². The maximum Gasteiger partial charge on any atom is 0.257 e. The molecule has 1 amide bonds. The fourth-order valence-electron chi connectivity index (χ4n) is 2.18. The summed E-state index contributed by atoms with van der Waals surface area (Å²) in [5, 5.41) is 3.88. The van der Waals surface area contributed by atoms with Crippen LogP contribution in [0.1, 0.15) is 10.4 Å². The van der Waals surface area contributed by atoms with Gasteiger partial charge in [-0.3, -0.25) is 9.78 Å². The second-order valence-electron chi connectivity index (χ2n) is 5.13. The highest BCUT2D eigenvalue weighted by molar-refractivity contribution is 6.08. The summed E-state index contributed by atoms with van der Waals surface area (Å²) >= 11 is 0. The van der Waals surface area contributed by atoms with Gasteiger partial charge < -0.3 is 10.2 Å². The second-order valence-corrected chi connectivity index (χ2v) is 5.13. The lowest BCUT2D eigenvalue weighted by atomic mass is 10.2. The summed E-state index contributed by atoms with van der Waals surface area (Å²) in [6.45, 7) is 0. The average Bonchev–Trinajstić information content (AvgIpc) is 2.55. The van der Waals surface area contributed by atoms with Gasteiger partial charge in [0.15, 0.2) is 0 Å². The van der Waals surface area contributed by atoms with E-state index >= 15 is 0 Å². The number of rotatable bonds is 3. The Morgan fingerprint density at radius 3 is 2.59 bits per heavy atom. The van der Waals surface area contributed by atoms with Gasteiger partial charge in [-0.2, -0.15) is 0 Å². The zero-order valence-electron chi connectivity index (χ0n) is 12.4. The molecule has 3 aromatic rings. The van der Waals surface area contributed by atoms with Crippen LogP contribution in [0.5, 0.6) is 0 Å². The zero-order chi connectivity index (χ0) is 15.5. The maximum atomic E-state index is 12.3. The fourth-order valence-corrected chi connectivity index (χ4v) is 2.18. The highest BCUT2D eigenvalue weighted by Gasteiger charge is 2.09. The minimum absolute atomic E-state index is 0.198. The smallest absolute Gasteiger partial charge is 0.257 e. The molecule has 110 valence electrons. The van der Waals surface area contributed by atoms with Gasteiger partial charge >= 0.3 is 0 Å². The molecule has 0 saturated carbocycles. The quantitative estimate of drug-likeness (QED) is 0.806. The lowest BCUT2D eigenvalue weighted by molar-refractivity contribution is 0.102. The van der Waals surface area contributed by atoms with Gasteiger partial charge in [-0.15, -0.1) is 0 Å². The first-order chi connectivity index (χ1) is 10.6. The van der Waals surface area contributed by atoms with E-state index < -0.39 is 0 Å². The van der Waals surface area contributed by atoms with Gasteiger partial charge in [-0.1, -0.05) is 18.2 Å². The van der Waals surface area contributed by atoms with Gasteiger partial charge in [0.2, 0.25) is 0 Å². The molecular weight excluding hydrogens is 276 g/mol. The van der Waals surface area contributed by atoms with E-state index in [2.05, 4.69) is 15.3 Å². The van der Waals surface area contributed by atoms with E-state index in [1.54, 1.807) is 18.5 Å². The van der Waals surface area contributed by atoms with Crippen LogP contribution >= 0.6 is 0 Å². The maximum absolute atomic E-state index is 12.3. The molecule has 5 nitrogen and oxygen atoms in total. The van der Waals surface area contributed by atoms with Crippen LogP contribution in [0.15, 0.2) is 54.9 Å². The van der Waals surface area contributed by atoms with Crippen LogP contribution in [0.2, 0.25) is 0 Å². The van der Waals surface area contributed by atoms with Crippen molar-refractivity contribution >= 4 is 28.3 Å². The van der Waals surface area contributed by atoms with Crippen LogP contribution in [-0.2, 0) is 0 Å². The van der Waals surface area contributed by atoms with Crippen LogP contribution in [0.4, 0.5) is 11.5 Å². The lowest BCUT2D eigenvalue weighted by Gasteiger charge is -2.11. The van der Waals surface area contributed by atoms with Crippen LogP contribution < -0.4 is 10.2 Å². The van der Waals surface area contributed by atoms with E-state index in [4.69, 9.17) is 0 Å².